The van der Waals surface area contributed by atoms with E-state index in [1.54, 1.807) is 28.0 Å². The van der Waals surface area contributed by atoms with Crippen molar-refractivity contribution in [3.8, 4) is 0 Å². The average molecular weight is 379 g/mol. The minimum absolute atomic E-state index is 0.103. The molecule has 1 aromatic heterocycles. The number of urea groups is 1. The molecular formula is C20H21N5O3. The van der Waals surface area contributed by atoms with Crippen molar-refractivity contribution in [2.24, 2.45) is 0 Å². The predicted octanol–water partition coefficient (Wildman–Crippen LogP) is 1.52. The standard InChI is InChI=1S/C20H21N5O3/c26-18(15-6-7-16-17(12-15)23-19(27)22-16)24-8-10-25(11-9-24)20(28)21-13-14-4-2-1-3-5-14/h1-7,12H,8-11,13H2,(H,21,28)(H2,22,23,27). The average Bonchev–Trinajstić information content (AvgIpc) is 3.11. The number of benzene rings is 2. The number of carbonyl (C=O) groups excluding carboxylic acids is 2. The second-order valence-electron chi connectivity index (χ2n) is 6.76. The van der Waals surface area contributed by atoms with Crippen molar-refractivity contribution in [2.75, 3.05) is 26.2 Å². The van der Waals surface area contributed by atoms with Gasteiger partial charge < -0.3 is 25.1 Å². The van der Waals surface area contributed by atoms with Gasteiger partial charge in [-0.05, 0) is 23.8 Å². The first-order chi connectivity index (χ1) is 13.6. The van der Waals surface area contributed by atoms with E-state index >= 15 is 0 Å². The molecule has 3 aromatic rings. The largest absolute Gasteiger partial charge is 0.335 e. The van der Waals surface area contributed by atoms with Crippen LogP contribution in [0.5, 0.6) is 0 Å². The third kappa shape index (κ3) is 3.75. The van der Waals surface area contributed by atoms with Crippen LogP contribution in [0.15, 0.2) is 53.3 Å². The van der Waals surface area contributed by atoms with Gasteiger partial charge in [0.1, 0.15) is 0 Å². The Morgan fingerprint density at radius 2 is 1.57 bits per heavy atom. The number of H-pyrrole nitrogens is 2. The first-order valence-electron chi connectivity index (χ1n) is 9.18. The molecule has 0 spiro atoms. The van der Waals surface area contributed by atoms with Crippen LogP contribution < -0.4 is 11.0 Å². The number of rotatable bonds is 3. The van der Waals surface area contributed by atoms with Crippen LogP contribution >= 0.6 is 0 Å². The molecule has 4 rings (SSSR count). The smallest absolute Gasteiger partial charge is 0.323 e. The zero-order valence-electron chi connectivity index (χ0n) is 15.3. The van der Waals surface area contributed by atoms with Gasteiger partial charge >= 0.3 is 11.7 Å². The van der Waals surface area contributed by atoms with Crippen molar-refractivity contribution >= 4 is 23.0 Å². The number of carbonyl (C=O) groups is 2. The quantitative estimate of drug-likeness (QED) is 0.643. The second-order valence-corrected chi connectivity index (χ2v) is 6.76. The van der Waals surface area contributed by atoms with Crippen LogP contribution in [0, 0.1) is 0 Å². The fraction of sp³-hybridized carbons (Fsp3) is 0.250. The van der Waals surface area contributed by atoms with Gasteiger partial charge in [-0.2, -0.15) is 0 Å². The predicted molar refractivity (Wildman–Crippen MR) is 105 cm³/mol. The summed E-state index contributed by atoms with van der Waals surface area (Å²) in [7, 11) is 0. The van der Waals surface area contributed by atoms with Gasteiger partial charge in [0.2, 0.25) is 0 Å². The molecule has 0 bridgehead atoms. The number of imidazole rings is 1. The van der Waals surface area contributed by atoms with Crippen molar-refractivity contribution in [2.45, 2.75) is 6.54 Å². The molecule has 8 heteroatoms. The first-order valence-corrected chi connectivity index (χ1v) is 9.18. The third-order valence-corrected chi connectivity index (χ3v) is 4.90. The first kappa shape index (κ1) is 17.8. The Kier molecular flexibility index (Phi) is 4.84. The lowest BCUT2D eigenvalue weighted by Gasteiger charge is -2.34. The lowest BCUT2D eigenvalue weighted by molar-refractivity contribution is 0.0665. The maximum absolute atomic E-state index is 12.7. The highest BCUT2D eigenvalue weighted by Gasteiger charge is 2.25. The van der Waals surface area contributed by atoms with Gasteiger partial charge in [-0.15, -0.1) is 0 Å². The number of nitrogens with zero attached hydrogens (tertiary/aromatic N) is 2. The van der Waals surface area contributed by atoms with E-state index in [1.807, 2.05) is 30.3 Å². The Labute approximate surface area is 161 Å². The molecule has 3 N–H and O–H groups in total. The summed E-state index contributed by atoms with van der Waals surface area (Å²) < 4.78 is 0. The van der Waals surface area contributed by atoms with Gasteiger partial charge in [-0.3, -0.25) is 4.79 Å². The van der Waals surface area contributed by atoms with Crippen molar-refractivity contribution in [1.29, 1.82) is 0 Å². The molecular weight excluding hydrogens is 358 g/mol. The molecule has 0 unspecified atom stereocenters. The molecule has 1 saturated heterocycles. The fourth-order valence-electron chi connectivity index (χ4n) is 3.35. The zero-order chi connectivity index (χ0) is 19.5. The van der Waals surface area contributed by atoms with Crippen LogP contribution in [-0.2, 0) is 6.54 Å². The van der Waals surface area contributed by atoms with E-state index in [-0.39, 0.29) is 17.6 Å². The number of aromatic amines is 2. The maximum atomic E-state index is 12.7. The topological polar surface area (TPSA) is 101 Å². The van der Waals surface area contributed by atoms with Crippen LogP contribution in [0.2, 0.25) is 0 Å². The third-order valence-electron chi connectivity index (χ3n) is 4.90. The molecule has 2 heterocycles. The Morgan fingerprint density at radius 3 is 2.32 bits per heavy atom. The van der Waals surface area contributed by atoms with Crippen molar-refractivity contribution in [1.82, 2.24) is 25.1 Å². The Morgan fingerprint density at radius 1 is 0.893 bits per heavy atom. The number of hydrogen-bond acceptors (Lipinski definition) is 3. The van der Waals surface area contributed by atoms with Crippen LogP contribution in [0.3, 0.4) is 0 Å². The van der Waals surface area contributed by atoms with E-state index in [1.165, 1.54) is 0 Å². The molecule has 1 fully saturated rings. The Hall–Kier alpha value is -3.55. The van der Waals surface area contributed by atoms with E-state index in [2.05, 4.69) is 15.3 Å². The molecule has 0 atom stereocenters. The lowest BCUT2D eigenvalue weighted by atomic mass is 10.1. The van der Waals surface area contributed by atoms with E-state index in [0.29, 0.717) is 49.3 Å². The summed E-state index contributed by atoms with van der Waals surface area (Å²) in [4.78, 5) is 45.2. The molecule has 1 aliphatic rings. The normalized spacial score (nSPS) is 14.3. The molecule has 144 valence electrons. The monoisotopic (exact) mass is 379 g/mol. The maximum Gasteiger partial charge on any atom is 0.323 e. The van der Waals surface area contributed by atoms with Gasteiger partial charge in [-0.1, -0.05) is 30.3 Å². The van der Waals surface area contributed by atoms with Crippen molar-refractivity contribution < 1.29 is 9.59 Å². The fourth-order valence-corrected chi connectivity index (χ4v) is 3.35. The van der Waals surface area contributed by atoms with Crippen LogP contribution in [0.4, 0.5) is 4.79 Å². The summed E-state index contributed by atoms with van der Waals surface area (Å²) in [5.74, 6) is -0.103. The zero-order valence-corrected chi connectivity index (χ0v) is 15.3. The minimum Gasteiger partial charge on any atom is -0.335 e. The minimum atomic E-state index is -0.297. The molecule has 0 radical (unpaired) electrons. The lowest BCUT2D eigenvalue weighted by Crippen LogP contribution is -2.53. The van der Waals surface area contributed by atoms with Gasteiger partial charge in [0, 0.05) is 38.3 Å². The van der Waals surface area contributed by atoms with E-state index in [9.17, 15) is 14.4 Å². The number of hydrogen-bond donors (Lipinski definition) is 3. The van der Waals surface area contributed by atoms with Gasteiger partial charge in [0.05, 0.1) is 11.0 Å². The number of nitrogens with one attached hydrogen (secondary N) is 3. The van der Waals surface area contributed by atoms with Crippen LogP contribution in [0.1, 0.15) is 15.9 Å². The molecule has 3 amide bonds. The second kappa shape index (κ2) is 7.59. The van der Waals surface area contributed by atoms with E-state index in [4.69, 9.17) is 0 Å². The molecule has 8 nitrogen and oxygen atoms in total. The number of amides is 3. The molecule has 1 aliphatic heterocycles. The molecule has 28 heavy (non-hydrogen) atoms. The van der Waals surface area contributed by atoms with Crippen LogP contribution in [-0.4, -0.2) is 57.9 Å². The highest BCUT2D eigenvalue weighted by Crippen LogP contribution is 2.14. The summed E-state index contributed by atoms with van der Waals surface area (Å²) in [6.45, 7) is 2.39. The van der Waals surface area contributed by atoms with Gasteiger partial charge in [0.15, 0.2) is 0 Å². The Balaban J connectivity index is 1.33. The van der Waals surface area contributed by atoms with Crippen molar-refractivity contribution in [3.63, 3.8) is 0 Å². The summed E-state index contributed by atoms with van der Waals surface area (Å²) >= 11 is 0. The SMILES string of the molecule is O=C(NCc1ccccc1)N1CCN(C(=O)c2ccc3[nH]c(=O)[nH]c3c2)CC1. The van der Waals surface area contributed by atoms with Crippen molar-refractivity contribution in [3.05, 3.63) is 70.1 Å². The Bertz CT molecular complexity index is 1050. The number of aromatic nitrogens is 2. The summed E-state index contributed by atoms with van der Waals surface area (Å²) in [6, 6.07) is 14.7. The van der Waals surface area contributed by atoms with E-state index < -0.39 is 0 Å². The van der Waals surface area contributed by atoms with E-state index in [0.717, 1.165) is 5.56 Å². The molecule has 0 aliphatic carbocycles. The van der Waals surface area contributed by atoms with Crippen LogP contribution in [0.25, 0.3) is 11.0 Å². The van der Waals surface area contributed by atoms with Gasteiger partial charge in [0.25, 0.3) is 5.91 Å². The molecule has 2 aromatic carbocycles. The summed E-state index contributed by atoms with van der Waals surface area (Å²) in [6.07, 6.45) is 0. The number of piperazine rings is 1. The van der Waals surface area contributed by atoms with Gasteiger partial charge in [-0.25, -0.2) is 9.59 Å². The summed E-state index contributed by atoms with van der Waals surface area (Å²) in [5.41, 5.74) is 2.54. The highest BCUT2D eigenvalue weighted by atomic mass is 16.2. The number of fused-ring (bicyclic) bond motifs is 1. The summed E-state index contributed by atoms with van der Waals surface area (Å²) in [5, 5.41) is 2.91. The highest BCUT2D eigenvalue weighted by molar-refractivity contribution is 5.97. The molecule has 0 saturated carbocycles.